The summed E-state index contributed by atoms with van der Waals surface area (Å²) in [6.07, 6.45) is 0.365. The highest BCUT2D eigenvalue weighted by Gasteiger charge is 2.20. The number of pyridine rings is 1. The standard InChI is InChI=1S/C19H26N6OS/c1-15-5-3-6-16(22-15)23-17(26)8-9-21-19(20-2)25-12-10-24(11-13-25)18-7-4-14-27-18/h3-7,14H,8-13H2,1-2H3,(H,20,21)(H,22,23,26). The number of nitrogens with zero attached hydrogens (tertiary/aromatic N) is 4. The second kappa shape index (κ2) is 9.36. The zero-order valence-corrected chi connectivity index (χ0v) is 16.6. The highest BCUT2D eigenvalue weighted by Crippen LogP contribution is 2.22. The molecular weight excluding hydrogens is 360 g/mol. The molecule has 1 aliphatic heterocycles. The molecule has 1 amide bonds. The van der Waals surface area contributed by atoms with E-state index in [9.17, 15) is 4.79 Å². The summed E-state index contributed by atoms with van der Waals surface area (Å²) in [7, 11) is 1.78. The lowest BCUT2D eigenvalue weighted by Gasteiger charge is -2.37. The largest absolute Gasteiger partial charge is 0.360 e. The normalized spacial score (nSPS) is 15.0. The Kier molecular flexibility index (Phi) is 6.64. The van der Waals surface area contributed by atoms with Crippen molar-refractivity contribution in [1.29, 1.82) is 0 Å². The van der Waals surface area contributed by atoms with Crippen LogP contribution in [0.15, 0.2) is 40.7 Å². The summed E-state index contributed by atoms with van der Waals surface area (Å²) in [6.45, 7) is 6.21. The molecule has 0 unspecified atom stereocenters. The Labute approximate surface area is 164 Å². The molecule has 0 spiro atoms. The van der Waals surface area contributed by atoms with Crippen molar-refractivity contribution in [2.75, 3.05) is 50.0 Å². The first-order valence-electron chi connectivity index (χ1n) is 9.13. The van der Waals surface area contributed by atoms with Crippen LogP contribution in [0.1, 0.15) is 12.1 Å². The minimum atomic E-state index is -0.0569. The quantitative estimate of drug-likeness (QED) is 0.609. The molecule has 2 N–H and O–H groups in total. The van der Waals surface area contributed by atoms with Gasteiger partial charge in [0.05, 0.1) is 5.00 Å². The third-order valence-electron chi connectivity index (χ3n) is 4.40. The van der Waals surface area contributed by atoms with Gasteiger partial charge in [-0.25, -0.2) is 4.98 Å². The number of thiophene rings is 1. The number of carbonyl (C=O) groups is 1. The third-order valence-corrected chi connectivity index (χ3v) is 5.33. The molecule has 0 saturated carbocycles. The van der Waals surface area contributed by atoms with Gasteiger partial charge in [0.25, 0.3) is 0 Å². The summed E-state index contributed by atoms with van der Waals surface area (Å²) in [4.78, 5) is 25.4. The number of amides is 1. The first kappa shape index (κ1) is 19.2. The van der Waals surface area contributed by atoms with Gasteiger partial charge < -0.3 is 20.4 Å². The van der Waals surface area contributed by atoms with Crippen molar-refractivity contribution in [3.05, 3.63) is 41.4 Å². The van der Waals surface area contributed by atoms with E-state index in [-0.39, 0.29) is 5.91 Å². The van der Waals surface area contributed by atoms with E-state index in [1.54, 1.807) is 24.5 Å². The lowest BCUT2D eigenvalue weighted by atomic mass is 10.3. The van der Waals surface area contributed by atoms with Crippen molar-refractivity contribution in [2.45, 2.75) is 13.3 Å². The van der Waals surface area contributed by atoms with Crippen LogP contribution in [0.2, 0.25) is 0 Å². The van der Waals surface area contributed by atoms with Gasteiger partial charge in [-0.2, -0.15) is 0 Å². The first-order chi connectivity index (χ1) is 13.2. The van der Waals surface area contributed by atoms with E-state index in [0.29, 0.717) is 18.8 Å². The zero-order valence-electron chi connectivity index (χ0n) is 15.8. The van der Waals surface area contributed by atoms with E-state index >= 15 is 0 Å². The first-order valence-corrected chi connectivity index (χ1v) is 10.0. The zero-order chi connectivity index (χ0) is 19.1. The Morgan fingerprint density at radius 3 is 2.70 bits per heavy atom. The van der Waals surface area contributed by atoms with Crippen LogP contribution in [0.3, 0.4) is 0 Å². The summed E-state index contributed by atoms with van der Waals surface area (Å²) < 4.78 is 0. The number of hydrogen-bond donors (Lipinski definition) is 2. The number of carbonyl (C=O) groups excluding carboxylic acids is 1. The molecule has 144 valence electrons. The predicted octanol–water partition coefficient (Wildman–Crippen LogP) is 2.18. The lowest BCUT2D eigenvalue weighted by Crippen LogP contribution is -2.52. The number of aromatic nitrogens is 1. The molecule has 2 aromatic heterocycles. The highest BCUT2D eigenvalue weighted by molar-refractivity contribution is 7.14. The van der Waals surface area contributed by atoms with Crippen molar-refractivity contribution in [1.82, 2.24) is 15.2 Å². The van der Waals surface area contributed by atoms with Crippen molar-refractivity contribution in [3.63, 3.8) is 0 Å². The van der Waals surface area contributed by atoms with Gasteiger partial charge in [-0.3, -0.25) is 9.79 Å². The van der Waals surface area contributed by atoms with Gasteiger partial charge in [-0.15, -0.1) is 11.3 Å². The number of nitrogens with one attached hydrogen (secondary N) is 2. The molecule has 0 radical (unpaired) electrons. The highest BCUT2D eigenvalue weighted by atomic mass is 32.1. The Balaban J connectivity index is 1.41. The molecule has 3 rings (SSSR count). The van der Waals surface area contributed by atoms with E-state index in [4.69, 9.17) is 0 Å². The molecule has 1 aliphatic rings. The van der Waals surface area contributed by atoms with Crippen LogP contribution < -0.4 is 15.5 Å². The predicted molar refractivity (Wildman–Crippen MR) is 112 cm³/mol. The lowest BCUT2D eigenvalue weighted by molar-refractivity contribution is -0.116. The molecule has 1 fully saturated rings. The van der Waals surface area contributed by atoms with Gasteiger partial charge in [-0.05, 0) is 36.6 Å². The number of aryl methyl sites for hydroxylation is 1. The molecule has 0 aromatic carbocycles. The van der Waals surface area contributed by atoms with Crippen LogP contribution in [-0.4, -0.2) is 61.5 Å². The average Bonchev–Trinajstić information content (AvgIpc) is 3.20. The Bertz CT molecular complexity index is 768. The summed E-state index contributed by atoms with van der Waals surface area (Å²) in [5, 5.41) is 9.55. The second-order valence-electron chi connectivity index (χ2n) is 6.36. The summed E-state index contributed by atoms with van der Waals surface area (Å²) >= 11 is 1.78. The SMILES string of the molecule is CN=C(NCCC(=O)Nc1cccc(C)n1)N1CCN(c2cccs2)CC1. The summed E-state index contributed by atoms with van der Waals surface area (Å²) in [6, 6.07) is 9.83. The van der Waals surface area contributed by atoms with E-state index in [0.717, 1.165) is 37.8 Å². The monoisotopic (exact) mass is 386 g/mol. The van der Waals surface area contributed by atoms with Crippen molar-refractivity contribution < 1.29 is 4.79 Å². The number of anilines is 2. The molecule has 27 heavy (non-hydrogen) atoms. The molecule has 1 saturated heterocycles. The van der Waals surface area contributed by atoms with Crippen molar-refractivity contribution in [2.24, 2.45) is 4.99 Å². The molecule has 0 bridgehead atoms. The maximum absolute atomic E-state index is 12.1. The van der Waals surface area contributed by atoms with Gasteiger partial charge >= 0.3 is 0 Å². The van der Waals surface area contributed by atoms with Crippen LogP contribution in [0.25, 0.3) is 0 Å². The Morgan fingerprint density at radius 2 is 2.04 bits per heavy atom. The Hall–Kier alpha value is -2.61. The number of aliphatic imine (C=N–C) groups is 1. The fourth-order valence-electron chi connectivity index (χ4n) is 3.03. The third kappa shape index (κ3) is 5.43. The fraction of sp³-hybridized carbons (Fsp3) is 0.421. The summed E-state index contributed by atoms with van der Waals surface area (Å²) in [5.74, 6) is 1.38. The van der Waals surface area contributed by atoms with Crippen molar-refractivity contribution in [3.8, 4) is 0 Å². The van der Waals surface area contributed by atoms with E-state index in [2.05, 4.69) is 47.9 Å². The molecule has 8 heteroatoms. The van der Waals surface area contributed by atoms with E-state index in [1.807, 2.05) is 19.1 Å². The minimum Gasteiger partial charge on any atom is -0.360 e. The number of rotatable bonds is 5. The van der Waals surface area contributed by atoms with E-state index in [1.165, 1.54) is 5.00 Å². The van der Waals surface area contributed by atoms with Gasteiger partial charge in [0, 0.05) is 51.9 Å². The van der Waals surface area contributed by atoms with E-state index < -0.39 is 0 Å². The number of hydrogen-bond acceptors (Lipinski definition) is 5. The number of guanidine groups is 1. The molecule has 2 aromatic rings. The Morgan fingerprint density at radius 1 is 1.22 bits per heavy atom. The van der Waals surface area contributed by atoms with Gasteiger partial charge in [0.1, 0.15) is 5.82 Å². The van der Waals surface area contributed by atoms with Crippen molar-refractivity contribution >= 4 is 34.0 Å². The molecular formula is C19H26N6OS. The van der Waals surface area contributed by atoms with Crippen LogP contribution >= 0.6 is 11.3 Å². The van der Waals surface area contributed by atoms with Crippen LogP contribution in [0.5, 0.6) is 0 Å². The number of piperazine rings is 1. The van der Waals surface area contributed by atoms with Gasteiger partial charge in [0.15, 0.2) is 5.96 Å². The topological polar surface area (TPSA) is 72.9 Å². The maximum Gasteiger partial charge on any atom is 0.227 e. The van der Waals surface area contributed by atoms with Crippen LogP contribution in [-0.2, 0) is 4.79 Å². The molecule has 7 nitrogen and oxygen atoms in total. The van der Waals surface area contributed by atoms with Gasteiger partial charge in [-0.1, -0.05) is 6.07 Å². The molecule has 3 heterocycles. The summed E-state index contributed by atoms with van der Waals surface area (Å²) in [5.41, 5.74) is 0.882. The van der Waals surface area contributed by atoms with Crippen LogP contribution in [0, 0.1) is 6.92 Å². The average molecular weight is 387 g/mol. The molecule has 0 atom stereocenters. The fourth-order valence-corrected chi connectivity index (χ4v) is 3.81. The van der Waals surface area contributed by atoms with Gasteiger partial charge in [0.2, 0.25) is 5.91 Å². The van der Waals surface area contributed by atoms with Crippen LogP contribution in [0.4, 0.5) is 10.8 Å². The maximum atomic E-state index is 12.1. The second-order valence-corrected chi connectivity index (χ2v) is 7.29. The minimum absolute atomic E-state index is 0.0569. The smallest absolute Gasteiger partial charge is 0.227 e. The molecule has 0 aliphatic carbocycles.